The molecule has 1 aromatic rings. The number of rotatable bonds is 5. The average molecular weight is 265 g/mol. The predicted octanol–water partition coefficient (Wildman–Crippen LogP) is 0.567. The highest BCUT2D eigenvalue weighted by Crippen LogP contribution is 2.14. The summed E-state index contributed by atoms with van der Waals surface area (Å²) in [5, 5.41) is 20.8. The summed E-state index contributed by atoms with van der Waals surface area (Å²) in [5.41, 5.74) is 0.924. The molecule has 19 heavy (non-hydrogen) atoms. The number of non-ortho nitro benzene ring substituents is 1. The van der Waals surface area contributed by atoms with Crippen LogP contribution in [0.15, 0.2) is 24.3 Å². The third-order valence-electron chi connectivity index (χ3n) is 3.68. The third kappa shape index (κ3) is 4.29. The molecule has 2 rings (SSSR count). The average Bonchev–Trinajstić information content (AvgIpc) is 2.40. The molecule has 1 saturated heterocycles. The van der Waals surface area contributed by atoms with E-state index in [0.29, 0.717) is 6.42 Å². The lowest BCUT2D eigenvalue weighted by atomic mass is 10.1. The van der Waals surface area contributed by atoms with E-state index in [1.54, 1.807) is 12.1 Å². The second-order valence-corrected chi connectivity index (χ2v) is 5.30. The van der Waals surface area contributed by atoms with Crippen LogP contribution in [0.25, 0.3) is 0 Å². The summed E-state index contributed by atoms with van der Waals surface area (Å²) in [6, 6.07) is 6.54. The standard InChI is InChI=1S/C14H20N2O3/c17-14(11-15-7-2-1-3-8-15)10-12-5-4-6-13(9-12)16(18)19/h4-6,9,14,17H,1-3,7-8,10-11H2/p+1/t14-/m0/s1. The van der Waals surface area contributed by atoms with Crippen molar-refractivity contribution in [3.05, 3.63) is 39.9 Å². The summed E-state index contributed by atoms with van der Waals surface area (Å²) >= 11 is 0. The van der Waals surface area contributed by atoms with Crippen LogP contribution < -0.4 is 4.90 Å². The Labute approximate surface area is 113 Å². The maximum atomic E-state index is 10.7. The van der Waals surface area contributed by atoms with Crippen molar-refractivity contribution >= 4 is 5.69 Å². The molecule has 0 amide bonds. The van der Waals surface area contributed by atoms with Gasteiger partial charge in [-0.15, -0.1) is 0 Å². The molecule has 1 aliphatic rings. The summed E-state index contributed by atoms with van der Waals surface area (Å²) in [4.78, 5) is 11.7. The minimum atomic E-state index is -0.421. The molecule has 2 N–H and O–H groups in total. The first-order valence-corrected chi connectivity index (χ1v) is 6.90. The van der Waals surface area contributed by atoms with Gasteiger partial charge in [0.2, 0.25) is 0 Å². The van der Waals surface area contributed by atoms with E-state index in [0.717, 1.165) is 25.2 Å². The Hall–Kier alpha value is -1.46. The Morgan fingerprint density at radius 2 is 2.05 bits per heavy atom. The van der Waals surface area contributed by atoms with E-state index in [2.05, 4.69) is 0 Å². The molecule has 5 heteroatoms. The molecule has 0 aliphatic carbocycles. The predicted molar refractivity (Wildman–Crippen MR) is 72.2 cm³/mol. The molecule has 1 aliphatic heterocycles. The molecule has 1 aromatic carbocycles. The van der Waals surface area contributed by atoms with Crippen LogP contribution in [0.4, 0.5) is 5.69 Å². The van der Waals surface area contributed by atoms with Crippen LogP contribution in [0.5, 0.6) is 0 Å². The molecule has 0 saturated carbocycles. The Bertz CT molecular complexity index is 430. The van der Waals surface area contributed by atoms with Gasteiger partial charge in [-0.25, -0.2) is 0 Å². The molecular weight excluding hydrogens is 244 g/mol. The zero-order valence-electron chi connectivity index (χ0n) is 11.0. The van der Waals surface area contributed by atoms with Crippen molar-refractivity contribution in [2.75, 3.05) is 19.6 Å². The minimum absolute atomic E-state index is 0.0926. The first kappa shape index (κ1) is 14.0. The van der Waals surface area contributed by atoms with Gasteiger partial charge in [0.1, 0.15) is 12.6 Å². The second-order valence-electron chi connectivity index (χ2n) is 5.30. The van der Waals surface area contributed by atoms with Crippen molar-refractivity contribution in [1.29, 1.82) is 0 Å². The van der Waals surface area contributed by atoms with Gasteiger partial charge in [0.15, 0.2) is 0 Å². The van der Waals surface area contributed by atoms with Crippen LogP contribution >= 0.6 is 0 Å². The monoisotopic (exact) mass is 265 g/mol. The van der Waals surface area contributed by atoms with Gasteiger partial charge in [-0.3, -0.25) is 10.1 Å². The highest BCUT2D eigenvalue weighted by atomic mass is 16.6. The summed E-state index contributed by atoms with van der Waals surface area (Å²) in [5.74, 6) is 0. The number of nitro benzene ring substituents is 1. The lowest BCUT2D eigenvalue weighted by molar-refractivity contribution is -0.907. The number of hydrogen-bond acceptors (Lipinski definition) is 3. The zero-order chi connectivity index (χ0) is 13.7. The van der Waals surface area contributed by atoms with Gasteiger partial charge >= 0.3 is 0 Å². The van der Waals surface area contributed by atoms with Crippen molar-refractivity contribution in [3.63, 3.8) is 0 Å². The number of nitro groups is 1. The molecule has 1 fully saturated rings. The van der Waals surface area contributed by atoms with Crippen LogP contribution in [0.2, 0.25) is 0 Å². The van der Waals surface area contributed by atoms with E-state index < -0.39 is 11.0 Å². The van der Waals surface area contributed by atoms with Crippen LogP contribution in [-0.2, 0) is 6.42 Å². The highest BCUT2D eigenvalue weighted by Gasteiger charge is 2.18. The van der Waals surface area contributed by atoms with Gasteiger partial charge in [0, 0.05) is 18.6 Å². The van der Waals surface area contributed by atoms with Crippen LogP contribution in [-0.4, -0.2) is 35.8 Å². The molecule has 0 aromatic heterocycles. The quantitative estimate of drug-likeness (QED) is 0.604. The number of quaternary nitrogens is 1. The zero-order valence-corrected chi connectivity index (χ0v) is 11.0. The smallest absolute Gasteiger partial charge is 0.269 e. The SMILES string of the molecule is O=[N+]([O-])c1cccc(C[C@H](O)C[NH+]2CCCCC2)c1. The first-order chi connectivity index (χ1) is 9.15. The van der Waals surface area contributed by atoms with Crippen molar-refractivity contribution < 1.29 is 14.9 Å². The number of benzene rings is 1. The number of nitrogens with one attached hydrogen (secondary N) is 1. The molecule has 0 spiro atoms. The number of nitrogens with zero attached hydrogens (tertiary/aromatic N) is 1. The Kier molecular flexibility index (Phi) is 4.87. The largest absolute Gasteiger partial charge is 0.387 e. The second kappa shape index (κ2) is 6.63. The lowest BCUT2D eigenvalue weighted by Crippen LogP contribution is -3.13. The third-order valence-corrected chi connectivity index (χ3v) is 3.68. The number of aliphatic hydroxyl groups excluding tert-OH is 1. The molecule has 0 radical (unpaired) electrons. The maximum Gasteiger partial charge on any atom is 0.269 e. The van der Waals surface area contributed by atoms with Crippen LogP contribution in [0.3, 0.4) is 0 Å². The van der Waals surface area contributed by atoms with Gasteiger partial charge in [-0.2, -0.15) is 0 Å². The summed E-state index contributed by atoms with van der Waals surface area (Å²) in [7, 11) is 0. The van der Waals surface area contributed by atoms with Crippen molar-refractivity contribution in [1.82, 2.24) is 0 Å². The van der Waals surface area contributed by atoms with E-state index in [4.69, 9.17) is 0 Å². The van der Waals surface area contributed by atoms with Gasteiger partial charge in [0.05, 0.1) is 18.0 Å². The van der Waals surface area contributed by atoms with E-state index >= 15 is 0 Å². The van der Waals surface area contributed by atoms with Gasteiger partial charge < -0.3 is 10.0 Å². The van der Waals surface area contributed by atoms with Crippen LogP contribution in [0.1, 0.15) is 24.8 Å². The molecular formula is C14H21N2O3+. The first-order valence-electron chi connectivity index (χ1n) is 6.90. The lowest BCUT2D eigenvalue weighted by Gasteiger charge is -2.25. The van der Waals surface area contributed by atoms with E-state index in [-0.39, 0.29) is 5.69 Å². The summed E-state index contributed by atoms with van der Waals surface area (Å²) in [6.45, 7) is 3.00. The Morgan fingerprint density at radius 3 is 2.74 bits per heavy atom. The topological polar surface area (TPSA) is 67.8 Å². The van der Waals surface area contributed by atoms with Crippen LogP contribution in [0, 0.1) is 10.1 Å². The Morgan fingerprint density at radius 1 is 1.32 bits per heavy atom. The normalized spacial score (nSPS) is 18.2. The highest BCUT2D eigenvalue weighted by molar-refractivity contribution is 5.34. The number of aliphatic hydroxyl groups is 1. The summed E-state index contributed by atoms with van der Waals surface area (Å²) in [6.07, 6.45) is 3.84. The van der Waals surface area contributed by atoms with Gasteiger partial charge in [-0.05, 0) is 24.8 Å². The number of piperidine rings is 1. The van der Waals surface area contributed by atoms with Crippen molar-refractivity contribution in [2.24, 2.45) is 0 Å². The molecule has 5 nitrogen and oxygen atoms in total. The fourth-order valence-corrected chi connectivity index (χ4v) is 2.73. The number of hydrogen-bond donors (Lipinski definition) is 2. The van der Waals surface area contributed by atoms with E-state index in [1.807, 2.05) is 6.07 Å². The molecule has 0 bridgehead atoms. The molecule has 1 heterocycles. The number of likely N-dealkylation sites (tertiary alicyclic amines) is 1. The minimum Gasteiger partial charge on any atom is -0.387 e. The fraction of sp³-hybridized carbons (Fsp3) is 0.571. The maximum absolute atomic E-state index is 10.7. The van der Waals surface area contributed by atoms with Crippen molar-refractivity contribution in [2.45, 2.75) is 31.8 Å². The molecule has 0 unspecified atom stereocenters. The Balaban J connectivity index is 1.88. The summed E-state index contributed by atoms with van der Waals surface area (Å²) < 4.78 is 0. The fourth-order valence-electron chi connectivity index (χ4n) is 2.73. The van der Waals surface area contributed by atoms with Gasteiger partial charge in [0.25, 0.3) is 5.69 Å². The van der Waals surface area contributed by atoms with E-state index in [1.165, 1.54) is 30.2 Å². The molecule has 104 valence electrons. The van der Waals surface area contributed by atoms with Crippen molar-refractivity contribution in [3.8, 4) is 0 Å². The molecule has 1 atom stereocenters. The van der Waals surface area contributed by atoms with Gasteiger partial charge in [-0.1, -0.05) is 12.1 Å². The van der Waals surface area contributed by atoms with E-state index in [9.17, 15) is 15.2 Å².